The molecule has 0 bridgehead atoms. The molecule has 17 heavy (non-hydrogen) atoms. The standard InChI is InChI=1S/C10H19NO5S/c1-10(9(12)13)4-5-11(8-10)17(14,15)7-3-6-16-2/h3-8H2,1-2H3,(H,12,13). The van der Waals surface area contributed by atoms with E-state index in [9.17, 15) is 13.2 Å². The number of carbonyl (C=O) groups is 1. The first-order valence-electron chi connectivity index (χ1n) is 5.52. The van der Waals surface area contributed by atoms with Crippen molar-refractivity contribution in [1.82, 2.24) is 4.31 Å². The summed E-state index contributed by atoms with van der Waals surface area (Å²) in [5.74, 6) is -0.927. The molecule has 7 heteroatoms. The van der Waals surface area contributed by atoms with E-state index in [2.05, 4.69) is 0 Å². The molecule has 0 aromatic carbocycles. The zero-order valence-corrected chi connectivity index (χ0v) is 11.0. The summed E-state index contributed by atoms with van der Waals surface area (Å²) < 4.78 is 29.9. The highest BCUT2D eigenvalue weighted by atomic mass is 32.2. The van der Waals surface area contributed by atoms with Gasteiger partial charge in [0, 0.05) is 26.8 Å². The van der Waals surface area contributed by atoms with Gasteiger partial charge in [0.05, 0.1) is 11.2 Å². The van der Waals surface area contributed by atoms with Gasteiger partial charge in [-0.2, -0.15) is 0 Å². The summed E-state index contributed by atoms with van der Waals surface area (Å²) in [6, 6.07) is 0. The van der Waals surface area contributed by atoms with Crippen LogP contribution >= 0.6 is 0 Å². The number of ether oxygens (including phenoxy) is 1. The van der Waals surface area contributed by atoms with Crippen molar-refractivity contribution in [2.75, 3.05) is 32.6 Å². The van der Waals surface area contributed by atoms with Gasteiger partial charge in [-0.25, -0.2) is 12.7 Å². The van der Waals surface area contributed by atoms with Gasteiger partial charge < -0.3 is 9.84 Å². The van der Waals surface area contributed by atoms with Crippen LogP contribution < -0.4 is 0 Å². The molecule has 1 rings (SSSR count). The second-order valence-corrected chi connectivity index (χ2v) is 6.70. The fourth-order valence-corrected chi connectivity index (χ4v) is 3.44. The molecule has 6 nitrogen and oxygen atoms in total. The van der Waals surface area contributed by atoms with Crippen LogP contribution in [0.3, 0.4) is 0 Å². The lowest BCUT2D eigenvalue weighted by atomic mass is 9.90. The van der Waals surface area contributed by atoms with Gasteiger partial charge in [0.1, 0.15) is 0 Å². The Balaban J connectivity index is 2.61. The maximum Gasteiger partial charge on any atom is 0.310 e. The number of hydrogen-bond donors (Lipinski definition) is 1. The van der Waals surface area contributed by atoms with Crippen molar-refractivity contribution in [3.63, 3.8) is 0 Å². The number of nitrogens with zero attached hydrogens (tertiary/aromatic N) is 1. The zero-order chi connectivity index (χ0) is 13.1. The number of carboxylic acid groups (broad SMARTS) is 1. The third kappa shape index (κ3) is 3.40. The van der Waals surface area contributed by atoms with Gasteiger partial charge in [0.15, 0.2) is 0 Å². The average Bonchev–Trinajstić information content (AvgIpc) is 2.63. The largest absolute Gasteiger partial charge is 0.481 e. The van der Waals surface area contributed by atoms with Crippen LogP contribution in [0.1, 0.15) is 19.8 Å². The second kappa shape index (κ2) is 5.32. The molecule has 1 N–H and O–H groups in total. The Labute approximate surface area is 102 Å². The number of sulfonamides is 1. The quantitative estimate of drug-likeness (QED) is 0.691. The lowest BCUT2D eigenvalue weighted by Gasteiger charge is -2.19. The summed E-state index contributed by atoms with van der Waals surface area (Å²) in [6.07, 6.45) is 0.797. The molecule has 0 aromatic rings. The third-order valence-electron chi connectivity index (χ3n) is 3.10. The van der Waals surface area contributed by atoms with Crippen LogP contribution in [-0.2, 0) is 19.6 Å². The Hall–Kier alpha value is -0.660. The molecular weight excluding hydrogens is 246 g/mol. The van der Waals surface area contributed by atoms with Crippen LogP contribution in [0.25, 0.3) is 0 Å². The van der Waals surface area contributed by atoms with Gasteiger partial charge in [-0.05, 0) is 19.8 Å². The average molecular weight is 265 g/mol. The molecule has 1 atom stereocenters. The van der Waals surface area contributed by atoms with Gasteiger partial charge >= 0.3 is 5.97 Å². The molecule has 0 spiro atoms. The van der Waals surface area contributed by atoms with Crippen molar-refractivity contribution in [2.24, 2.45) is 5.41 Å². The maximum absolute atomic E-state index is 11.9. The molecule has 0 amide bonds. The van der Waals surface area contributed by atoms with E-state index < -0.39 is 21.4 Å². The van der Waals surface area contributed by atoms with E-state index >= 15 is 0 Å². The molecule has 1 aliphatic heterocycles. The normalized spacial score (nSPS) is 26.2. The summed E-state index contributed by atoms with van der Waals surface area (Å²) in [5.41, 5.74) is -0.950. The number of rotatable bonds is 6. The number of hydrogen-bond acceptors (Lipinski definition) is 4. The van der Waals surface area contributed by atoms with Crippen LogP contribution in [0.15, 0.2) is 0 Å². The minimum Gasteiger partial charge on any atom is -0.481 e. The first kappa shape index (κ1) is 14.4. The molecule has 1 saturated heterocycles. The van der Waals surface area contributed by atoms with E-state index in [-0.39, 0.29) is 18.8 Å². The molecule has 1 unspecified atom stereocenters. The van der Waals surface area contributed by atoms with E-state index in [0.717, 1.165) is 0 Å². The summed E-state index contributed by atoms with van der Waals surface area (Å²) in [4.78, 5) is 11.0. The first-order valence-corrected chi connectivity index (χ1v) is 7.13. The van der Waals surface area contributed by atoms with Crippen molar-refractivity contribution in [1.29, 1.82) is 0 Å². The Morgan fingerprint density at radius 2 is 2.18 bits per heavy atom. The Morgan fingerprint density at radius 3 is 2.65 bits per heavy atom. The second-order valence-electron chi connectivity index (χ2n) is 4.61. The summed E-state index contributed by atoms with van der Waals surface area (Å²) in [5, 5.41) is 9.03. The van der Waals surface area contributed by atoms with Crippen molar-refractivity contribution in [2.45, 2.75) is 19.8 Å². The fourth-order valence-electron chi connectivity index (χ4n) is 1.85. The Morgan fingerprint density at radius 1 is 1.53 bits per heavy atom. The lowest BCUT2D eigenvalue weighted by molar-refractivity contribution is -0.146. The first-order chi connectivity index (χ1) is 7.82. The minimum atomic E-state index is -3.35. The maximum atomic E-state index is 11.9. The predicted molar refractivity (Wildman–Crippen MR) is 62.2 cm³/mol. The molecule has 0 aliphatic carbocycles. The molecule has 0 radical (unpaired) electrons. The van der Waals surface area contributed by atoms with E-state index in [1.165, 1.54) is 11.4 Å². The highest BCUT2D eigenvalue weighted by Gasteiger charge is 2.44. The van der Waals surface area contributed by atoms with Crippen molar-refractivity contribution >= 4 is 16.0 Å². The van der Waals surface area contributed by atoms with Crippen LogP contribution in [0.2, 0.25) is 0 Å². The van der Waals surface area contributed by atoms with Crippen molar-refractivity contribution in [3.8, 4) is 0 Å². The molecule has 0 aromatic heterocycles. The van der Waals surface area contributed by atoms with Gasteiger partial charge in [0.2, 0.25) is 10.0 Å². The SMILES string of the molecule is COCCCS(=O)(=O)N1CCC(C)(C(=O)O)C1. The predicted octanol–water partition coefficient (Wildman–Crippen LogP) is 0.149. The topological polar surface area (TPSA) is 83.9 Å². The van der Waals surface area contributed by atoms with E-state index in [4.69, 9.17) is 9.84 Å². The smallest absolute Gasteiger partial charge is 0.310 e. The Bertz CT molecular complexity index is 380. The summed E-state index contributed by atoms with van der Waals surface area (Å²) >= 11 is 0. The number of aliphatic carboxylic acids is 1. The third-order valence-corrected chi connectivity index (χ3v) is 5.00. The summed E-state index contributed by atoms with van der Waals surface area (Å²) in [6.45, 7) is 2.33. The molecule has 0 saturated carbocycles. The van der Waals surface area contributed by atoms with E-state index in [1.807, 2.05) is 0 Å². The van der Waals surface area contributed by atoms with Gasteiger partial charge in [-0.15, -0.1) is 0 Å². The van der Waals surface area contributed by atoms with Crippen molar-refractivity contribution in [3.05, 3.63) is 0 Å². The number of carboxylic acids is 1. The molecule has 100 valence electrons. The van der Waals surface area contributed by atoms with E-state index in [0.29, 0.717) is 19.4 Å². The Kier molecular flexibility index (Phi) is 4.51. The van der Waals surface area contributed by atoms with Crippen LogP contribution in [0.4, 0.5) is 0 Å². The van der Waals surface area contributed by atoms with Crippen LogP contribution in [0.5, 0.6) is 0 Å². The van der Waals surface area contributed by atoms with Gasteiger partial charge in [-0.1, -0.05) is 0 Å². The summed E-state index contributed by atoms with van der Waals surface area (Å²) in [7, 11) is -1.83. The number of methoxy groups -OCH3 is 1. The van der Waals surface area contributed by atoms with E-state index in [1.54, 1.807) is 6.92 Å². The lowest BCUT2D eigenvalue weighted by Crippen LogP contribution is -2.36. The molecule has 1 fully saturated rings. The fraction of sp³-hybridized carbons (Fsp3) is 0.900. The van der Waals surface area contributed by atoms with Gasteiger partial charge in [0.25, 0.3) is 0 Å². The monoisotopic (exact) mass is 265 g/mol. The van der Waals surface area contributed by atoms with Crippen molar-refractivity contribution < 1.29 is 23.1 Å². The highest BCUT2D eigenvalue weighted by Crippen LogP contribution is 2.31. The molecular formula is C10H19NO5S. The molecule has 1 heterocycles. The minimum absolute atomic E-state index is 0.0105. The van der Waals surface area contributed by atoms with Crippen LogP contribution in [0, 0.1) is 5.41 Å². The van der Waals surface area contributed by atoms with Gasteiger partial charge in [-0.3, -0.25) is 4.79 Å². The zero-order valence-electron chi connectivity index (χ0n) is 10.2. The van der Waals surface area contributed by atoms with Crippen LogP contribution in [-0.4, -0.2) is 56.4 Å². The molecule has 1 aliphatic rings. The highest BCUT2D eigenvalue weighted by molar-refractivity contribution is 7.89.